The van der Waals surface area contributed by atoms with Gasteiger partial charge in [-0.2, -0.15) is 5.10 Å². The molecule has 2 aromatic heterocycles. The van der Waals surface area contributed by atoms with Gasteiger partial charge in [0.05, 0.1) is 23.6 Å². The third-order valence-corrected chi connectivity index (χ3v) is 6.29. The highest BCUT2D eigenvalue weighted by molar-refractivity contribution is 5.43. The Bertz CT molecular complexity index is 884. The second-order valence-electron chi connectivity index (χ2n) is 8.34. The molecular formula is C21H32N6O2. The molecule has 0 N–H and O–H groups in total. The zero-order valence-electron chi connectivity index (χ0n) is 17.8. The van der Waals surface area contributed by atoms with Crippen LogP contribution in [-0.4, -0.2) is 71.1 Å². The average molecular weight is 401 g/mol. The van der Waals surface area contributed by atoms with Gasteiger partial charge in [0.2, 0.25) is 0 Å². The number of hydrogen-bond donors (Lipinski definition) is 0. The van der Waals surface area contributed by atoms with Crippen LogP contribution in [0.3, 0.4) is 0 Å². The first-order valence-corrected chi connectivity index (χ1v) is 10.7. The molecule has 2 aromatic rings. The number of likely N-dealkylation sites (N-methyl/N-ethyl adjacent to an activating group) is 1. The smallest absolute Gasteiger partial charge is 0.269 e. The van der Waals surface area contributed by atoms with Crippen molar-refractivity contribution in [3.63, 3.8) is 0 Å². The number of piperidine rings is 1. The fourth-order valence-electron chi connectivity index (χ4n) is 4.44. The molecular weight excluding hydrogens is 368 g/mol. The van der Waals surface area contributed by atoms with Crippen molar-refractivity contribution in [2.24, 2.45) is 0 Å². The molecule has 0 amide bonds. The van der Waals surface area contributed by atoms with Crippen LogP contribution in [0.4, 0.5) is 5.69 Å². The molecule has 4 heterocycles. The number of hydrogen-bond acceptors (Lipinski definition) is 7. The average Bonchev–Trinajstić information content (AvgIpc) is 3.08. The van der Waals surface area contributed by atoms with Crippen molar-refractivity contribution < 1.29 is 4.52 Å². The van der Waals surface area contributed by atoms with Crippen LogP contribution < -0.4 is 10.5 Å². The fraction of sp³-hybridized carbons (Fsp3) is 0.667. The Morgan fingerprint density at radius 3 is 2.72 bits per heavy atom. The van der Waals surface area contributed by atoms with Gasteiger partial charge in [0.25, 0.3) is 5.56 Å². The predicted octanol–water partition coefficient (Wildman–Crippen LogP) is 1.69. The van der Waals surface area contributed by atoms with Gasteiger partial charge in [-0.1, -0.05) is 12.1 Å². The number of nitrogens with zero attached hydrogens (tertiary/aromatic N) is 6. The van der Waals surface area contributed by atoms with Gasteiger partial charge in [-0.15, -0.1) is 0 Å². The maximum Gasteiger partial charge on any atom is 0.269 e. The summed E-state index contributed by atoms with van der Waals surface area (Å²) in [5.74, 6) is 0.899. The van der Waals surface area contributed by atoms with E-state index in [2.05, 4.69) is 38.9 Å². The molecule has 0 spiro atoms. The van der Waals surface area contributed by atoms with E-state index in [0.717, 1.165) is 82.2 Å². The van der Waals surface area contributed by atoms with Crippen LogP contribution in [0.15, 0.2) is 21.6 Å². The predicted molar refractivity (Wildman–Crippen MR) is 112 cm³/mol. The maximum absolute atomic E-state index is 12.8. The molecule has 2 fully saturated rings. The first-order chi connectivity index (χ1) is 14.0. The Labute approximate surface area is 172 Å². The fourth-order valence-corrected chi connectivity index (χ4v) is 4.44. The summed E-state index contributed by atoms with van der Waals surface area (Å²) in [5.41, 5.74) is 3.18. The molecule has 2 saturated heterocycles. The SMILES string of the molecule is CCc1noc(C)c1CN1CCC[C@@H](n2ncc(N3CCN(C)CC3)cc2=O)C1. The highest BCUT2D eigenvalue weighted by Gasteiger charge is 2.25. The largest absolute Gasteiger partial charge is 0.368 e. The van der Waals surface area contributed by atoms with Crippen LogP contribution >= 0.6 is 0 Å². The zero-order valence-corrected chi connectivity index (χ0v) is 17.8. The molecule has 0 bridgehead atoms. The lowest BCUT2D eigenvalue weighted by atomic mass is 10.0. The van der Waals surface area contributed by atoms with E-state index in [1.54, 1.807) is 10.7 Å². The van der Waals surface area contributed by atoms with Crippen molar-refractivity contribution >= 4 is 5.69 Å². The van der Waals surface area contributed by atoms with E-state index in [0.29, 0.717) is 0 Å². The van der Waals surface area contributed by atoms with Crippen LogP contribution in [0.1, 0.15) is 42.8 Å². The molecule has 2 aliphatic rings. The van der Waals surface area contributed by atoms with Gasteiger partial charge in [-0.05, 0) is 39.8 Å². The number of likely N-dealkylation sites (tertiary alicyclic amines) is 1. The van der Waals surface area contributed by atoms with Gasteiger partial charge in [0.1, 0.15) is 5.76 Å². The highest BCUT2D eigenvalue weighted by Crippen LogP contribution is 2.24. The first-order valence-electron chi connectivity index (χ1n) is 10.7. The molecule has 0 saturated carbocycles. The Balaban J connectivity index is 1.45. The minimum absolute atomic E-state index is 0.00341. The standard InChI is InChI=1S/C21H32N6O2/c1-4-20-19(16(2)29-23-20)15-25-7-5-6-17(14-25)27-21(28)12-18(13-22-27)26-10-8-24(3)9-11-26/h12-13,17H,4-11,14-15H2,1-3H3/t17-/m1/s1. The summed E-state index contributed by atoms with van der Waals surface area (Å²) in [6.45, 7) is 10.7. The summed E-state index contributed by atoms with van der Waals surface area (Å²) in [6, 6.07) is 1.87. The molecule has 0 unspecified atom stereocenters. The summed E-state index contributed by atoms with van der Waals surface area (Å²) in [5, 5.41) is 8.74. The van der Waals surface area contributed by atoms with E-state index in [1.807, 2.05) is 13.1 Å². The lowest BCUT2D eigenvalue weighted by Crippen LogP contribution is -2.45. The molecule has 0 radical (unpaired) electrons. The molecule has 2 aliphatic heterocycles. The lowest BCUT2D eigenvalue weighted by molar-refractivity contribution is 0.159. The van der Waals surface area contributed by atoms with E-state index in [-0.39, 0.29) is 11.6 Å². The summed E-state index contributed by atoms with van der Waals surface area (Å²) < 4.78 is 7.07. The minimum atomic E-state index is 0.00341. The molecule has 4 rings (SSSR count). The van der Waals surface area contributed by atoms with Gasteiger partial charge >= 0.3 is 0 Å². The number of rotatable bonds is 5. The molecule has 0 aliphatic carbocycles. The van der Waals surface area contributed by atoms with E-state index < -0.39 is 0 Å². The van der Waals surface area contributed by atoms with Crippen LogP contribution in [0.5, 0.6) is 0 Å². The van der Waals surface area contributed by atoms with E-state index >= 15 is 0 Å². The maximum atomic E-state index is 12.8. The topological polar surface area (TPSA) is 70.6 Å². The second kappa shape index (κ2) is 8.67. The van der Waals surface area contributed by atoms with E-state index in [4.69, 9.17) is 4.52 Å². The molecule has 158 valence electrons. The Kier molecular flexibility index (Phi) is 6.01. The third kappa shape index (κ3) is 4.38. The molecule has 8 heteroatoms. The van der Waals surface area contributed by atoms with Gasteiger partial charge in [0, 0.05) is 50.9 Å². The number of aromatic nitrogens is 3. The lowest BCUT2D eigenvalue weighted by Gasteiger charge is -2.35. The number of anilines is 1. The third-order valence-electron chi connectivity index (χ3n) is 6.29. The van der Waals surface area contributed by atoms with Crippen molar-refractivity contribution in [1.29, 1.82) is 0 Å². The molecule has 8 nitrogen and oxygen atoms in total. The minimum Gasteiger partial charge on any atom is -0.368 e. The molecule has 29 heavy (non-hydrogen) atoms. The van der Waals surface area contributed by atoms with Crippen LogP contribution in [-0.2, 0) is 13.0 Å². The van der Waals surface area contributed by atoms with E-state index in [9.17, 15) is 4.79 Å². The van der Waals surface area contributed by atoms with Crippen molar-refractivity contribution in [2.75, 3.05) is 51.2 Å². The van der Waals surface area contributed by atoms with E-state index in [1.165, 1.54) is 5.56 Å². The van der Waals surface area contributed by atoms with Crippen molar-refractivity contribution in [3.05, 3.63) is 39.6 Å². The highest BCUT2D eigenvalue weighted by atomic mass is 16.5. The number of aryl methyl sites for hydroxylation is 2. The van der Waals surface area contributed by atoms with Crippen molar-refractivity contribution in [3.8, 4) is 0 Å². The monoisotopic (exact) mass is 400 g/mol. The summed E-state index contributed by atoms with van der Waals surface area (Å²) in [7, 11) is 2.13. The Hall–Kier alpha value is -2.19. The summed E-state index contributed by atoms with van der Waals surface area (Å²) >= 11 is 0. The Morgan fingerprint density at radius 1 is 1.21 bits per heavy atom. The van der Waals surface area contributed by atoms with Crippen LogP contribution in [0, 0.1) is 6.92 Å². The van der Waals surface area contributed by atoms with Crippen LogP contribution in [0.2, 0.25) is 0 Å². The first kappa shape index (κ1) is 20.1. The quantitative estimate of drug-likeness (QED) is 0.756. The molecule has 0 aromatic carbocycles. The molecule has 1 atom stereocenters. The van der Waals surface area contributed by atoms with Gasteiger partial charge < -0.3 is 14.3 Å². The van der Waals surface area contributed by atoms with Crippen molar-refractivity contribution in [1.82, 2.24) is 24.7 Å². The zero-order chi connectivity index (χ0) is 20.4. The van der Waals surface area contributed by atoms with Gasteiger partial charge in [-0.3, -0.25) is 9.69 Å². The Morgan fingerprint density at radius 2 is 2.00 bits per heavy atom. The normalized spacial score (nSPS) is 21.6. The van der Waals surface area contributed by atoms with Crippen molar-refractivity contribution in [2.45, 2.75) is 45.7 Å². The summed E-state index contributed by atoms with van der Waals surface area (Å²) in [4.78, 5) is 19.8. The van der Waals surface area contributed by atoms with Gasteiger partial charge in [0.15, 0.2) is 0 Å². The van der Waals surface area contributed by atoms with Crippen LogP contribution in [0.25, 0.3) is 0 Å². The number of piperazine rings is 1. The second-order valence-corrected chi connectivity index (χ2v) is 8.34. The van der Waals surface area contributed by atoms with Gasteiger partial charge in [-0.25, -0.2) is 4.68 Å². The summed E-state index contributed by atoms with van der Waals surface area (Å²) in [6.07, 6.45) is 4.79.